The van der Waals surface area contributed by atoms with Crippen molar-refractivity contribution >= 4 is 22.6 Å². The van der Waals surface area contributed by atoms with Gasteiger partial charge in [-0.1, -0.05) is 42.5 Å². The molecule has 3 atom stereocenters. The molecule has 1 aliphatic rings. The average molecular weight is 313 g/mol. The molecule has 0 aliphatic heterocycles. The lowest BCUT2D eigenvalue weighted by atomic mass is 10.00. The lowest BCUT2D eigenvalue weighted by Gasteiger charge is -2.18. The fourth-order valence-corrected chi connectivity index (χ4v) is 2.87. The van der Waals surface area contributed by atoms with Crippen molar-refractivity contribution in [3.05, 3.63) is 48.0 Å². The minimum absolute atomic E-state index is 0.149. The van der Waals surface area contributed by atoms with Crippen LogP contribution in [0.25, 0.3) is 10.8 Å². The number of aliphatic carboxylic acids is 1. The van der Waals surface area contributed by atoms with Crippen LogP contribution >= 0.6 is 0 Å². The lowest BCUT2D eigenvalue weighted by Crippen LogP contribution is -2.47. The van der Waals surface area contributed by atoms with Crippen molar-refractivity contribution in [3.8, 4) is 0 Å². The monoisotopic (exact) mass is 313 g/mol. The Hall–Kier alpha value is -2.40. The van der Waals surface area contributed by atoms with Gasteiger partial charge in [-0.2, -0.15) is 0 Å². The molecule has 5 heteroatoms. The van der Waals surface area contributed by atoms with Crippen LogP contribution in [0, 0.1) is 5.92 Å². The van der Waals surface area contributed by atoms with Gasteiger partial charge in [0.1, 0.15) is 0 Å². The molecule has 1 aliphatic carbocycles. The molecule has 5 nitrogen and oxygen atoms in total. The second-order valence-corrected chi connectivity index (χ2v) is 6.31. The van der Waals surface area contributed by atoms with E-state index >= 15 is 0 Å². The second-order valence-electron chi connectivity index (χ2n) is 6.31. The molecule has 0 bridgehead atoms. The lowest BCUT2D eigenvalue weighted by molar-refractivity contribution is -0.156. The number of hydrogen-bond acceptors (Lipinski definition) is 3. The Morgan fingerprint density at radius 2 is 1.91 bits per heavy atom. The molecule has 0 radical (unpaired) electrons. The first-order valence-electron chi connectivity index (χ1n) is 7.61. The fourth-order valence-electron chi connectivity index (χ4n) is 2.87. The van der Waals surface area contributed by atoms with Crippen LogP contribution in [-0.4, -0.2) is 34.2 Å². The SMILES string of the molecule is CC(O)(CNC(=O)C1CC1c1cccc2ccccc12)C(=O)O. The number of rotatable bonds is 5. The number of fused-ring (bicyclic) bond motifs is 1. The molecule has 120 valence electrons. The molecule has 3 unspecified atom stereocenters. The van der Waals surface area contributed by atoms with Gasteiger partial charge in [0.2, 0.25) is 5.91 Å². The minimum Gasteiger partial charge on any atom is -0.479 e. The summed E-state index contributed by atoms with van der Waals surface area (Å²) in [5.41, 5.74) is -0.798. The van der Waals surface area contributed by atoms with Crippen molar-refractivity contribution in [1.29, 1.82) is 0 Å². The highest BCUT2D eigenvalue weighted by Gasteiger charge is 2.45. The van der Waals surface area contributed by atoms with Crippen molar-refractivity contribution < 1.29 is 19.8 Å². The van der Waals surface area contributed by atoms with Gasteiger partial charge in [-0.15, -0.1) is 0 Å². The Balaban J connectivity index is 1.69. The molecule has 0 saturated heterocycles. The number of aliphatic hydroxyl groups is 1. The van der Waals surface area contributed by atoms with E-state index in [0.717, 1.165) is 22.8 Å². The number of benzene rings is 2. The molecule has 0 aromatic heterocycles. The van der Waals surface area contributed by atoms with Gasteiger partial charge in [0.25, 0.3) is 0 Å². The predicted octanol–water partition coefficient (Wildman–Crippen LogP) is 1.90. The van der Waals surface area contributed by atoms with Crippen molar-refractivity contribution in [2.45, 2.75) is 24.9 Å². The third kappa shape index (κ3) is 3.05. The van der Waals surface area contributed by atoms with Gasteiger partial charge in [-0.3, -0.25) is 4.79 Å². The average Bonchev–Trinajstić information content (AvgIpc) is 3.32. The predicted molar refractivity (Wildman–Crippen MR) is 86.1 cm³/mol. The van der Waals surface area contributed by atoms with Crippen LogP contribution < -0.4 is 5.32 Å². The van der Waals surface area contributed by atoms with Gasteiger partial charge in [-0.05, 0) is 35.6 Å². The van der Waals surface area contributed by atoms with Gasteiger partial charge in [-0.25, -0.2) is 4.79 Å². The zero-order chi connectivity index (χ0) is 16.6. The molecular formula is C18H19NO4. The molecule has 2 aromatic carbocycles. The number of carboxylic acid groups (broad SMARTS) is 1. The summed E-state index contributed by atoms with van der Waals surface area (Å²) in [5.74, 6) is -1.56. The first kappa shape index (κ1) is 15.5. The standard InChI is InChI=1S/C18H19NO4/c1-18(23,17(21)22)10-19-16(20)15-9-14(15)13-8-4-6-11-5-2-3-7-12(11)13/h2-8,14-15,23H,9-10H2,1H3,(H,19,20)(H,21,22). The van der Waals surface area contributed by atoms with Crippen molar-refractivity contribution in [3.63, 3.8) is 0 Å². The van der Waals surface area contributed by atoms with Crippen LogP contribution in [0.15, 0.2) is 42.5 Å². The molecule has 1 amide bonds. The van der Waals surface area contributed by atoms with E-state index in [4.69, 9.17) is 5.11 Å². The second kappa shape index (κ2) is 5.66. The molecular weight excluding hydrogens is 294 g/mol. The third-order valence-corrected chi connectivity index (χ3v) is 4.42. The van der Waals surface area contributed by atoms with Crippen LogP contribution in [0.5, 0.6) is 0 Å². The zero-order valence-electron chi connectivity index (χ0n) is 12.8. The summed E-state index contributed by atoms with van der Waals surface area (Å²) < 4.78 is 0. The van der Waals surface area contributed by atoms with Crippen LogP contribution in [-0.2, 0) is 9.59 Å². The highest BCUT2D eigenvalue weighted by Crippen LogP contribution is 2.49. The normalized spacial score (nSPS) is 22.3. The van der Waals surface area contributed by atoms with E-state index in [0.29, 0.717) is 0 Å². The molecule has 3 N–H and O–H groups in total. The summed E-state index contributed by atoms with van der Waals surface area (Å²) in [6.45, 7) is 0.880. The summed E-state index contributed by atoms with van der Waals surface area (Å²) in [6, 6.07) is 14.1. The smallest absolute Gasteiger partial charge is 0.337 e. The number of carbonyl (C=O) groups excluding carboxylic acids is 1. The Kier molecular flexibility index (Phi) is 3.82. The highest BCUT2D eigenvalue weighted by atomic mass is 16.4. The van der Waals surface area contributed by atoms with Crippen LogP contribution in [0.2, 0.25) is 0 Å². The Bertz CT molecular complexity index is 763. The molecule has 1 saturated carbocycles. The molecule has 0 spiro atoms. The van der Waals surface area contributed by atoms with Crippen molar-refractivity contribution in [2.75, 3.05) is 6.54 Å². The van der Waals surface area contributed by atoms with Gasteiger partial charge >= 0.3 is 5.97 Å². The van der Waals surface area contributed by atoms with Gasteiger partial charge in [0.15, 0.2) is 5.60 Å². The first-order chi connectivity index (χ1) is 10.9. The number of carboxylic acids is 1. The van der Waals surface area contributed by atoms with E-state index in [-0.39, 0.29) is 24.3 Å². The third-order valence-electron chi connectivity index (χ3n) is 4.42. The maximum Gasteiger partial charge on any atom is 0.337 e. The summed E-state index contributed by atoms with van der Waals surface area (Å²) in [5, 5.41) is 23.3. The maximum atomic E-state index is 12.2. The summed E-state index contributed by atoms with van der Waals surface area (Å²) in [4.78, 5) is 23.0. The van der Waals surface area contributed by atoms with E-state index in [1.807, 2.05) is 42.5 Å². The Morgan fingerprint density at radius 1 is 1.22 bits per heavy atom. The number of nitrogens with one attached hydrogen (secondary N) is 1. The van der Waals surface area contributed by atoms with E-state index in [9.17, 15) is 14.7 Å². The van der Waals surface area contributed by atoms with Gasteiger partial charge < -0.3 is 15.5 Å². The van der Waals surface area contributed by atoms with Crippen LogP contribution in [0.3, 0.4) is 0 Å². The van der Waals surface area contributed by atoms with Crippen LogP contribution in [0.4, 0.5) is 0 Å². The highest BCUT2D eigenvalue weighted by molar-refractivity contribution is 5.90. The Labute approximate surface area is 133 Å². The van der Waals surface area contributed by atoms with E-state index in [1.165, 1.54) is 6.92 Å². The topological polar surface area (TPSA) is 86.6 Å². The largest absolute Gasteiger partial charge is 0.479 e. The first-order valence-corrected chi connectivity index (χ1v) is 7.61. The Morgan fingerprint density at radius 3 is 2.65 bits per heavy atom. The molecule has 1 fully saturated rings. The van der Waals surface area contributed by atoms with Crippen molar-refractivity contribution in [2.24, 2.45) is 5.92 Å². The zero-order valence-corrected chi connectivity index (χ0v) is 12.8. The number of amides is 1. The summed E-state index contributed by atoms with van der Waals surface area (Å²) in [7, 11) is 0. The van der Waals surface area contributed by atoms with Crippen LogP contribution in [0.1, 0.15) is 24.8 Å². The van der Waals surface area contributed by atoms with Crippen molar-refractivity contribution in [1.82, 2.24) is 5.32 Å². The molecule has 23 heavy (non-hydrogen) atoms. The minimum atomic E-state index is -1.94. The summed E-state index contributed by atoms with van der Waals surface area (Å²) >= 11 is 0. The maximum absolute atomic E-state index is 12.2. The van der Waals surface area contributed by atoms with Gasteiger partial charge in [0.05, 0.1) is 6.54 Å². The molecule has 0 heterocycles. The van der Waals surface area contributed by atoms with Gasteiger partial charge in [0, 0.05) is 5.92 Å². The fraction of sp³-hybridized carbons (Fsp3) is 0.333. The number of carbonyl (C=O) groups is 2. The van der Waals surface area contributed by atoms with E-state index in [1.54, 1.807) is 0 Å². The summed E-state index contributed by atoms with van der Waals surface area (Å²) in [6.07, 6.45) is 0.745. The number of hydrogen-bond donors (Lipinski definition) is 3. The van der Waals surface area contributed by atoms with E-state index < -0.39 is 11.6 Å². The molecule has 3 rings (SSSR count). The van der Waals surface area contributed by atoms with E-state index in [2.05, 4.69) is 5.32 Å². The molecule has 2 aromatic rings. The quantitative estimate of drug-likeness (QED) is 0.787.